The summed E-state index contributed by atoms with van der Waals surface area (Å²) in [5.41, 5.74) is 1.96. The second-order valence-corrected chi connectivity index (χ2v) is 5.37. The molecule has 1 unspecified atom stereocenters. The summed E-state index contributed by atoms with van der Waals surface area (Å²) in [5.74, 6) is 0. The third-order valence-corrected chi connectivity index (χ3v) is 3.52. The Bertz CT molecular complexity index is 668. The zero-order valence-electron chi connectivity index (χ0n) is 13.3. The van der Waals surface area contributed by atoms with Crippen LogP contribution in [-0.2, 0) is 17.8 Å². The number of rotatable bonds is 7. The lowest BCUT2D eigenvalue weighted by Crippen LogP contribution is -2.38. The minimum atomic E-state index is -1.23. The maximum Gasteiger partial charge on any atom is 0.410 e. The molecule has 0 aliphatic rings. The predicted molar refractivity (Wildman–Crippen MR) is 90.0 cm³/mol. The van der Waals surface area contributed by atoms with Gasteiger partial charge < -0.3 is 14.7 Å². The van der Waals surface area contributed by atoms with Crippen LogP contribution in [0, 0.1) is 11.3 Å². The van der Waals surface area contributed by atoms with Crippen LogP contribution in [0.4, 0.5) is 4.79 Å². The number of carbonyl (C=O) groups is 1. The molecule has 2 aromatic carbocycles. The SMILES string of the molecule is N#CC(O)CN(CCc1ccccc1)C(=O)OCc1ccccc1. The van der Waals surface area contributed by atoms with Crippen molar-refractivity contribution in [2.24, 2.45) is 0 Å². The summed E-state index contributed by atoms with van der Waals surface area (Å²) >= 11 is 0. The number of hydrogen-bond acceptors (Lipinski definition) is 4. The van der Waals surface area contributed by atoms with Gasteiger partial charge in [-0.15, -0.1) is 0 Å². The molecule has 124 valence electrons. The summed E-state index contributed by atoms with van der Waals surface area (Å²) in [4.78, 5) is 13.6. The first-order chi connectivity index (χ1) is 11.7. The van der Waals surface area contributed by atoms with Crippen molar-refractivity contribution in [3.8, 4) is 6.07 Å². The summed E-state index contributed by atoms with van der Waals surface area (Å²) in [5, 5.41) is 18.3. The smallest absolute Gasteiger partial charge is 0.410 e. The van der Waals surface area contributed by atoms with E-state index in [1.807, 2.05) is 60.7 Å². The first-order valence-electron chi connectivity index (χ1n) is 7.76. The molecule has 0 fully saturated rings. The van der Waals surface area contributed by atoms with Crippen molar-refractivity contribution in [1.29, 1.82) is 5.26 Å². The molecule has 2 aromatic rings. The molecule has 24 heavy (non-hydrogen) atoms. The largest absolute Gasteiger partial charge is 0.445 e. The van der Waals surface area contributed by atoms with Crippen molar-refractivity contribution in [1.82, 2.24) is 4.90 Å². The van der Waals surface area contributed by atoms with Crippen molar-refractivity contribution in [3.63, 3.8) is 0 Å². The van der Waals surface area contributed by atoms with Gasteiger partial charge in [0.2, 0.25) is 0 Å². The molecule has 0 spiro atoms. The Labute approximate surface area is 141 Å². The molecule has 0 aliphatic heterocycles. The Kier molecular flexibility index (Phi) is 6.81. The number of aliphatic hydroxyl groups excluding tert-OH is 1. The highest BCUT2D eigenvalue weighted by atomic mass is 16.6. The van der Waals surface area contributed by atoms with Gasteiger partial charge in [0.05, 0.1) is 12.6 Å². The molecule has 1 N–H and O–H groups in total. The van der Waals surface area contributed by atoms with E-state index in [-0.39, 0.29) is 13.2 Å². The van der Waals surface area contributed by atoms with Gasteiger partial charge in [-0.2, -0.15) is 5.26 Å². The Morgan fingerprint density at radius 2 is 1.67 bits per heavy atom. The molecule has 0 radical (unpaired) electrons. The summed E-state index contributed by atoms with van der Waals surface area (Å²) < 4.78 is 5.29. The predicted octanol–water partition coefficient (Wildman–Crippen LogP) is 2.75. The van der Waals surface area contributed by atoms with Crippen LogP contribution < -0.4 is 0 Å². The normalized spacial score (nSPS) is 11.3. The van der Waals surface area contributed by atoms with Crippen molar-refractivity contribution >= 4 is 6.09 Å². The van der Waals surface area contributed by atoms with Crippen molar-refractivity contribution in [2.45, 2.75) is 19.1 Å². The lowest BCUT2D eigenvalue weighted by molar-refractivity contribution is 0.0806. The van der Waals surface area contributed by atoms with Gasteiger partial charge in [-0.1, -0.05) is 60.7 Å². The Hall–Kier alpha value is -2.84. The molecule has 0 aromatic heterocycles. The first-order valence-corrected chi connectivity index (χ1v) is 7.76. The number of amides is 1. The van der Waals surface area contributed by atoms with Gasteiger partial charge in [-0.3, -0.25) is 0 Å². The van der Waals surface area contributed by atoms with Gasteiger partial charge >= 0.3 is 6.09 Å². The fourth-order valence-electron chi connectivity index (χ4n) is 2.23. The minimum Gasteiger partial charge on any atom is -0.445 e. The number of benzene rings is 2. The highest BCUT2D eigenvalue weighted by Crippen LogP contribution is 2.07. The third kappa shape index (κ3) is 5.75. The molecular formula is C19H20N2O3. The Balaban J connectivity index is 1.93. The fourth-order valence-corrected chi connectivity index (χ4v) is 2.23. The molecule has 0 saturated heterocycles. The molecule has 5 heteroatoms. The van der Waals surface area contributed by atoms with Crippen LogP contribution in [-0.4, -0.2) is 35.3 Å². The van der Waals surface area contributed by atoms with Crippen LogP contribution in [0.1, 0.15) is 11.1 Å². The number of nitriles is 1. The zero-order valence-corrected chi connectivity index (χ0v) is 13.3. The molecule has 0 bridgehead atoms. The quantitative estimate of drug-likeness (QED) is 0.795. The molecule has 2 rings (SSSR count). The second kappa shape index (κ2) is 9.33. The zero-order chi connectivity index (χ0) is 17.2. The topological polar surface area (TPSA) is 73.6 Å². The molecule has 0 saturated carbocycles. The third-order valence-electron chi connectivity index (χ3n) is 3.52. The van der Waals surface area contributed by atoms with Gasteiger partial charge in [0.15, 0.2) is 6.10 Å². The Morgan fingerprint density at radius 3 is 2.25 bits per heavy atom. The molecule has 1 atom stereocenters. The molecule has 5 nitrogen and oxygen atoms in total. The van der Waals surface area contributed by atoms with E-state index in [0.29, 0.717) is 13.0 Å². The average molecular weight is 324 g/mol. The van der Waals surface area contributed by atoms with Crippen LogP contribution in [0.5, 0.6) is 0 Å². The van der Waals surface area contributed by atoms with Crippen molar-refractivity contribution in [2.75, 3.05) is 13.1 Å². The van der Waals surface area contributed by atoms with E-state index in [1.165, 1.54) is 4.90 Å². The summed E-state index contributed by atoms with van der Waals surface area (Å²) in [6.07, 6.45) is -1.14. The maximum atomic E-state index is 12.3. The van der Waals surface area contributed by atoms with E-state index in [1.54, 1.807) is 6.07 Å². The van der Waals surface area contributed by atoms with Crippen molar-refractivity contribution in [3.05, 3.63) is 71.8 Å². The van der Waals surface area contributed by atoms with Crippen LogP contribution in [0.25, 0.3) is 0 Å². The van der Waals surface area contributed by atoms with Gasteiger partial charge in [0, 0.05) is 6.54 Å². The Morgan fingerprint density at radius 1 is 1.08 bits per heavy atom. The first kappa shape index (κ1) is 17.5. The highest BCUT2D eigenvalue weighted by molar-refractivity contribution is 5.67. The van der Waals surface area contributed by atoms with E-state index in [2.05, 4.69) is 0 Å². The monoisotopic (exact) mass is 324 g/mol. The second-order valence-electron chi connectivity index (χ2n) is 5.37. The van der Waals surface area contributed by atoms with Crippen LogP contribution in [0.2, 0.25) is 0 Å². The number of hydrogen-bond donors (Lipinski definition) is 1. The van der Waals surface area contributed by atoms with Crippen LogP contribution >= 0.6 is 0 Å². The number of ether oxygens (including phenoxy) is 1. The lowest BCUT2D eigenvalue weighted by Gasteiger charge is -2.22. The number of aliphatic hydroxyl groups is 1. The summed E-state index contributed by atoms with van der Waals surface area (Å²) in [6.45, 7) is 0.456. The van der Waals surface area contributed by atoms with Crippen molar-refractivity contribution < 1.29 is 14.6 Å². The summed E-state index contributed by atoms with van der Waals surface area (Å²) in [6, 6.07) is 20.8. The number of nitrogens with zero attached hydrogens (tertiary/aromatic N) is 2. The molecule has 0 heterocycles. The molecule has 0 aliphatic carbocycles. The van der Waals surface area contributed by atoms with Crippen LogP contribution in [0.15, 0.2) is 60.7 Å². The van der Waals surface area contributed by atoms with Crippen LogP contribution in [0.3, 0.4) is 0 Å². The van der Waals surface area contributed by atoms with Gasteiger partial charge in [-0.25, -0.2) is 4.79 Å². The highest BCUT2D eigenvalue weighted by Gasteiger charge is 2.18. The van der Waals surface area contributed by atoms with E-state index in [9.17, 15) is 9.90 Å². The number of carbonyl (C=O) groups excluding carboxylic acids is 1. The molecule has 1 amide bonds. The van der Waals surface area contributed by atoms with Gasteiger partial charge in [0.25, 0.3) is 0 Å². The van der Waals surface area contributed by atoms with E-state index in [4.69, 9.17) is 10.00 Å². The molecular weight excluding hydrogens is 304 g/mol. The maximum absolute atomic E-state index is 12.3. The van der Waals surface area contributed by atoms with E-state index >= 15 is 0 Å². The van der Waals surface area contributed by atoms with E-state index < -0.39 is 12.2 Å². The van der Waals surface area contributed by atoms with E-state index in [0.717, 1.165) is 11.1 Å². The summed E-state index contributed by atoms with van der Waals surface area (Å²) in [7, 11) is 0. The van der Waals surface area contributed by atoms with Gasteiger partial charge in [-0.05, 0) is 17.5 Å². The standard InChI is InChI=1S/C19H20N2O3/c20-13-18(22)14-21(12-11-16-7-3-1-4-8-16)19(23)24-15-17-9-5-2-6-10-17/h1-10,18,22H,11-12,14-15H2. The minimum absolute atomic E-state index is 0.0725. The lowest BCUT2D eigenvalue weighted by atomic mass is 10.1. The fraction of sp³-hybridized carbons (Fsp3) is 0.263. The average Bonchev–Trinajstić information content (AvgIpc) is 2.64. The van der Waals surface area contributed by atoms with Gasteiger partial charge in [0.1, 0.15) is 6.61 Å².